The molecule has 1 amide bonds. The minimum absolute atomic E-state index is 0.226. The van der Waals surface area contributed by atoms with E-state index in [-0.39, 0.29) is 6.54 Å². The number of ether oxygens (including phenoxy) is 2. The third-order valence-electron chi connectivity index (χ3n) is 2.24. The van der Waals surface area contributed by atoms with Crippen LogP contribution in [0.1, 0.15) is 5.56 Å². The van der Waals surface area contributed by atoms with E-state index in [4.69, 9.17) is 5.73 Å². The molecule has 0 atom stereocenters. The molecule has 0 fully saturated rings. The Morgan fingerprint density at radius 3 is 2.35 bits per heavy atom. The molecule has 0 saturated heterocycles. The first-order chi connectivity index (χ1) is 9.40. The fraction of sp³-hybridized carbons (Fsp3) is 0.273. The van der Waals surface area contributed by atoms with E-state index >= 15 is 0 Å². The number of amidine groups is 1. The van der Waals surface area contributed by atoms with Gasteiger partial charge in [0, 0.05) is 0 Å². The van der Waals surface area contributed by atoms with E-state index in [9.17, 15) is 13.2 Å². The molecule has 2 N–H and O–H groups in total. The van der Waals surface area contributed by atoms with Gasteiger partial charge in [-0.05, 0) is 5.56 Å². The molecule has 0 spiro atoms. The second-order valence-corrected chi connectivity index (χ2v) is 5.09. The number of methoxy groups -OCH3 is 2. The van der Waals surface area contributed by atoms with E-state index in [1.54, 1.807) is 30.3 Å². The van der Waals surface area contributed by atoms with E-state index < -0.39 is 22.3 Å². The molecule has 1 aromatic carbocycles. The fourth-order valence-electron chi connectivity index (χ4n) is 1.29. The summed E-state index contributed by atoms with van der Waals surface area (Å²) in [5.74, 6) is 0. The smallest absolute Gasteiger partial charge is 0.425 e. The Labute approximate surface area is 117 Å². The van der Waals surface area contributed by atoms with Crippen LogP contribution in [0.5, 0.6) is 0 Å². The van der Waals surface area contributed by atoms with Gasteiger partial charge in [-0.1, -0.05) is 34.7 Å². The van der Waals surface area contributed by atoms with Crippen LogP contribution in [-0.2, 0) is 26.2 Å². The lowest BCUT2D eigenvalue weighted by molar-refractivity contribution is 0.147. The molecule has 0 saturated carbocycles. The van der Waals surface area contributed by atoms with Gasteiger partial charge in [-0.2, -0.15) is 12.7 Å². The predicted octanol–water partition coefficient (Wildman–Crippen LogP) is 0.461. The molecule has 0 aromatic heterocycles. The topological polar surface area (TPSA) is 111 Å². The predicted molar refractivity (Wildman–Crippen MR) is 71.9 cm³/mol. The van der Waals surface area contributed by atoms with E-state index in [2.05, 4.69) is 13.9 Å². The zero-order chi connectivity index (χ0) is 15.2. The highest BCUT2D eigenvalue weighted by Gasteiger charge is 2.28. The Kier molecular flexibility index (Phi) is 5.32. The van der Waals surface area contributed by atoms with Crippen molar-refractivity contribution in [2.75, 3.05) is 14.2 Å². The molecular formula is C11H15N3O5S. The van der Waals surface area contributed by atoms with Gasteiger partial charge in [-0.25, -0.2) is 4.79 Å². The van der Waals surface area contributed by atoms with Gasteiger partial charge in [0.2, 0.25) is 0 Å². The third-order valence-corrected chi connectivity index (χ3v) is 3.49. The maximum Gasteiger partial charge on any atom is 0.425 e. The lowest BCUT2D eigenvalue weighted by atomic mass is 10.2. The van der Waals surface area contributed by atoms with Crippen LogP contribution >= 0.6 is 0 Å². The fourth-order valence-corrected chi connectivity index (χ4v) is 2.27. The molecule has 1 aromatic rings. The SMILES string of the molecule is COC(=O)N(Cc1ccccc1)S(=O)(=O)N=C(N)OC. The standard InChI is InChI=1S/C11H15N3O5S/c1-18-10(12)13-20(16,17)14(11(15)19-2)8-9-6-4-3-5-7-9/h3-7H,8H2,1-2H3,(H2,12,13). The first kappa shape index (κ1) is 15.8. The number of carbonyl (C=O) groups excluding carboxylic acids is 1. The Morgan fingerprint density at radius 2 is 1.85 bits per heavy atom. The quantitative estimate of drug-likeness (QED) is 0.639. The molecule has 0 unspecified atom stereocenters. The molecule has 8 nitrogen and oxygen atoms in total. The van der Waals surface area contributed by atoms with Gasteiger partial charge >= 0.3 is 16.3 Å². The van der Waals surface area contributed by atoms with Crippen molar-refractivity contribution in [2.45, 2.75) is 6.54 Å². The summed E-state index contributed by atoms with van der Waals surface area (Å²) in [6.45, 7) is -0.226. The Balaban J connectivity index is 3.11. The monoisotopic (exact) mass is 301 g/mol. The Morgan fingerprint density at radius 1 is 1.25 bits per heavy atom. The van der Waals surface area contributed by atoms with Crippen LogP contribution in [0.2, 0.25) is 0 Å². The highest BCUT2D eigenvalue weighted by atomic mass is 32.2. The van der Waals surface area contributed by atoms with E-state index in [1.165, 1.54) is 0 Å². The summed E-state index contributed by atoms with van der Waals surface area (Å²) < 4.78 is 36.5. The number of hydrogen-bond acceptors (Lipinski definition) is 5. The van der Waals surface area contributed by atoms with Crippen LogP contribution in [0.4, 0.5) is 4.79 Å². The van der Waals surface area contributed by atoms with Crippen molar-refractivity contribution >= 4 is 22.3 Å². The van der Waals surface area contributed by atoms with Crippen molar-refractivity contribution in [3.05, 3.63) is 35.9 Å². The lowest BCUT2D eigenvalue weighted by Gasteiger charge is -2.18. The number of hydrogen-bond donors (Lipinski definition) is 1. The van der Waals surface area contributed by atoms with Crippen LogP contribution in [0.15, 0.2) is 34.7 Å². The molecule has 0 aliphatic carbocycles. The summed E-state index contributed by atoms with van der Waals surface area (Å²) in [6, 6.07) is 7.94. The van der Waals surface area contributed by atoms with Gasteiger partial charge in [-0.15, -0.1) is 0 Å². The van der Waals surface area contributed by atoms with Crippen LogP contribution in [0.3, 0.4) is 0 Å². The number of nitrogens with zero attached hydrogens (tertiary/aromatic N) is 2. The average molecular weight is 301 g/mol. The number of rotatable bonds is 4. The van der Waals surface area contributed by atoms with Gasteiger partial charge in [0.1, 0.15) is 0 Å². The van der Waals surface area contributed by atoms with Crippen LogP contribution in [0.25, 0.3) is 0 Å². The zero-order valence-corrected chi connectivity index (χ0v) is 11.8. The number of nitrogens with two attached hydrogens (primary N) is 1. The first-order valence-corrected chi connectivity index (χ1v) is 6.84. The van der Waals surface area contributed by atoms with Crippen molar-refractivity contribution in [3.8, 4) is 0 Å². The highest BCUT2D eigenvalue weighted by Crippen LogP contribution is 2.12. The largest absolute Gasteiger partial charge is 0.468 e. The minimum atomic E-state index is -4.35. The van der Waals surface area contributed by atoms with Crippen LogP contribution in [-0.4, -0.2) is 39.1 Å². The van der Waals surface area contributed by atoms with E-state index in [0.717, 1.165) is 14.2 Å². The molecule has 20 heavy (non-hydrogen) atoms. The maximum atomic E-state index is 12.0. The van der Waals surface area contributed by atoms with Crippen molar-refractivity contribution in [1.82, 2.24) is 4.31 Å². The van der Waals surface area contributed by atoms with Crippen molar-refractivity contribution in [3.63, 3.8) is 0 Å². The second-order valence-electron chi connectivity index (χ2n) is 3.57. The van der Waals surface area contributed by atoms with Gasteiger partial charge in [0.05, 0.1) is 20.8 Å². The van der Waals surface area contributed by atoms with E-state index in [0.29, 0.717) is 9.87 Å². The number of carbonyl (C=O) groups is 1. The van der Waals surface area contributed by atoms with Crippen molar-refractivity contribution < 1.29 is 22.7 Å². The van der Waals surface area contributed by atoms with E-state index in [1.807, 2.05) is 0 Å². The van der Waals surface area contributed by atoms with Crippen molar-refractivity contribution in [2.24, 2.45) is 10.1 Å². The van der Waals surface area contributed by atoms with Gasteiger partial charge in [0.15, 0.2) is 0 Å². The lowest BCUT2D eigenvalue weighted by Crippen LogP contribution is -2.36. The summed E-state index contributed by atoms with van der Waals surface area (Å²) >= 11 is 0. The summed E-state index contributed by atoms with van der Waals surface area (Å²) in [4.78, 5) is 11.6. The number of benzene rings is 1. The molecule has 0 bridgehead atoms. The first-order valence-electron chi connectivity index (χ1n) is 5.44. The summed E-state index contributed by atoms with van der Waals surface area (Å²) in [7, 11) is -2.12. The molecular weight excluding hydrogens is 286 g/mol. The third kappa shape index (κ3) is 4.12. The molecule has 0 aliphatic heterocycles. The van der Waals surface area contributed by atoms with Crippen LogP contribution < -0.4 is 5.73 Å². The maximum absolute atomic E-state index is 12.0. The molecule has 0 radical (unpaired) electrons. The summed E-state index contributed by atoms with van der Waals surface area (Å²) in [5.41, 5.74) is 5.79. The molecule has 0 aliphatic rings. The molecule has 110 valence electrons. The number of amides is 1. The Bertz CT molecular complexity index is 585. The summed E-state index contributed by atoms with van der Waals surface area (Å²) in [5, 5.41) is 0. The summed E-state index contributed by atoms with van der Waals surface area (Å²) in [6.07, 6.45) is -1.07. The van der Waals surface area contributed by atoms with Crippen LogP contribution in [0, 0.1) is 0 Å². The average Bonchev–Trinajstić information content (AvgIpc) is 2.44. The van der Waals surface area contributed by atoms with Crippen molar-refractivity contribution in [1.29, 1.82) is 0 Å². The second kappa shape index (κ2) is 6.75. The minimum Gasteiger partial charge on any atom is -0.468 e. The van der Waals surface area contributed by atoms with Gasteiger partial charge in [-0.3, -0.25) is 0 Å². The highest BCUT2D eigenvalue weighted by molar-refractivity contribution is 7.88. The van der Waals surface area contributed by atoms with Gasteiger partial charge < -0.3 is 15.2 Å². The molecule has 9 heteroatoms. The normalized spacial score (nSPS) is 11.8. The zero-order valence-electron chi connectivity index (χ0n) is 11.0. The van der Waals surface area contributed by atoms with Gasteiger partial charge in [0.25, 0.3) is 6.02 Å². The molecule has 1 rings (SSSR count). The molecule has 0 heterocycles. The Hall–Kier alpha value is -2.29.